The number of carbonyl (C=O) groups excluding carboxylic acids is 3. The molecule has 182 valence electrons. The maximum atomic E-state index is 12.8. The van der Waals surface area contributed by atoms with E-state index in [0.717, 1.165) is 0 Å². The van der Waals surface area contributed by atoms with Crippen LogP contribution in [0.1, 0.15) is 18.4 Å². The molecule has 0 heterocycles. The van der Waals surface area contributed by atoms with Gasteiger partial charge in [0.05, 0.1) is 12.6 Å². The van der Waals surface area contributed by atoms with Gasteiger partial charge in [0.2, 0.25) is 17.7 Å². The van der Waals surface area contributed by atoms with E-state index in [4.69, 9.17) is 10.8 Å². The van der Waals surface area contributed by atoms with Gasteiger partial charge >= 0.3 is 11.9 Å². The van der Waals surface area contributed by atoms with Crippen molar-refractivity contribution >= 4 is 42.3 Å². The zero-order valence-electron chi connectivity index (χ0n) is 17.6. The van der Waals surface area contributed by atoms with Crippen LogP contribution >= 0.6 is 12.6 Å². The van der Waals surface area contributed by atoms with Crippen LogP contribution in [-0.2, 0) is 30.4 Å². The fourth-order valence-electron chi connectivity index (χ4n) is 2.68. The summed E-state index contributed by atoms with van der Waals surface area (Å²) in [5.74, 6) is -5.17. The topological polar surface area (TPSA) is 208 Å². The number of carbonyl (C=O) groups is 5. The minimum atomic E-state index is -1.49. The summed E-state index contributed by atoms with van der Waals surface area (Å²) in [6, 6.07) is 3.29. The maximum Gasteiger partial charge on any atom is 0.326 e. The van der Waals surface area contributed by atoms with E-state index >= 15 is 0 Å². The molecule has 0 aromatic heterocycles. The first-order valence-corrected chi connectivity index (χ1v) is 10.6. The number of hydrogen-bond acceptors (Lipinski definition) is 8. The third-order valence-corrected chi connectivity index (χ3v) is 4.92. The van der Waals surface area contributed by atoms with Crippen molar-refractivity contribution in [3.8, 4) is 0 Å². The van der Waals surface area contributed by atoms with E-state index in [9.17, 15) is 34.2 Å². The number of amides is 3. The van der Waals surface area contributed by atoms with Gasteiger partial charge in [-0.2, -0.15) is 12.6 Å². The number of aliphatic hydroxyl groups excluding tert-OH is 1. The summed E-state index contributed by atoms with van der Waals surface area (Å²) in [5.41, 5.74) is 6.18. The SMILES string of the molecule is NC(CS)C(=O)NC(CO)C(=O)NC(Cc1ccccc1)C(=O)NC(CCC(=O)O)C(=O)O. The zero-order chi connectivity index (χ0) is 25.0. The molecule has 0 saturated carbocycles. The Morgan fingerprint density at radius 3 is 1.94 bits per heavy atom. The fraction of sp³-hybridized carbons (Fsp3) is 0.450. The maximum absolute atomic E-state index is 12.8. The second kappa shape index (κ2) is 14.1. The second-order valence-corrected chi connectivity index (χ2v) is 7.48. The Hall–Kier alpha value is -3.16. The van der Waals surface area contributed by atoms with Gasteiger partial charge in [-0.1, -0.05) is 30.3 Å². The number of rotatable bonds is 14. The lowest BCUT2D eigenvalue weighted by molar-refractivity contribution is -0.143. The van der Waals surface area contributed by atoms with Crippen LogP contribution in [0.15, 0.2) is 30.3 Å². The Bertz CT molecular complexity index is 839. The molecule has 0 saturated heterocycles. The first-order valence-electron chi connectivity index (χ1n) is 9.96. The van der Waals surface area contributed by atoms with Gasteiger partial charge in [0, 0.05) is 18.6 Å². The molecular weight excluding hydrogens is 456 g/mol. The summed E-state index contributed by atoms with van der Waals surface area (Å²) >= 11 is 3.89. The molecule has 4 unspecified atom stereocenters. The number of aliphatic hydroxyl groups is 1. The molecular formula is C20H28N4O8S. The van der Waals surface area contributed by atoms with Gasteiger partial charge in [-0.25, -0.2) is 4.79 Å². The van der Waals surface area contributed by atoms with Gasteiger partial charge in [0.15, 0.2) is 0 Å². The second-order valence-electron chi connectivity index (χ2n) is 7.12. The highest BCUT2D eigenvalue weighted by molar-refractivity contribution is 7.80. The summed E-state index contributed by atoms with van der Waals surface area (Å²) in [6.07, 6.45) is -0.887. The van der Waals surface area contributed by atoms with Crippen LogP contribution < -0.4 is 21.7 Å². The normalized spacial score (nSPS) is 14.3. The molecule has 1 aromatic carbocycles. The molecule has 0 bridgehead atoms. The smallest absolute Gasteiger partial charge is 0.326 e. The molecule has 1 aromatic rings. The van der Waals surface area contributed by atoms with Crippen LogP contribution in [0.3, 0.4) is 0 Å². The summed E-state index contributed by atoms with van der Waals surface area (Å²) in [7, 11) is 0. The molecule has 0 spiro atoms. The largest absolute Gasteiger partial charge is 0.481 e. The monoisotopic (exact) mass is 484 g/mol. The van der Waals surface area contributed by atoms with E-state index in [-0.39, 0.29) is 18.6 Å². The molecule has 13 heteroatoms. The van der Waals surface area contributed by atoms with Crippen LogP contribution in [0, 0.1) is 0 Å². The van der Waals surface area contributed by atoms with Crippen molar-refractivity contribution in [2.45, 2.75) is 43.4 Å². The number of benzene rings is 1. The lowest BCUT2D eigenvalue weighted by Crippen LogP contribution is -2.58. The highest BCUT2D eigenvalue weighted by atomic mass is 32.1. The Morgan fingerprint density at radius 2 is 1.42 bits per heavy atom. The number of nitrogens with one attached hydrogen (secondary N) is 3. The number of hydrogen-bond donors (Lipinski definition) is 8. The summed E-state index contributed by atoms with van der Waals surface area (Å²) in [6.45, 7) is -0.785. The minimum Gasteiger partial charge on any atom is -0.481 e. The van der Waals surface area contributed by atoms with E-state index in [1.165, 1.54) is 0 Å². The first-order chi connectivity index (χ1) is 15.6. The molecule has 8 N–H and O–H groups in total. The molecule has 0 aliphatic carbocycles. The van der Waals surface area contributed by atoms with Gasteiger partial charge < -0.3 is 37.0 Å². The van der Waals surface area contributed by atoms with Gasteiger partial charge in [-0.15, -0.1) is 0 Å². The summed E-state index contributed by atoms with van der Waals surface area (Å²) < 4.78 is 0. The predicted molar refractivity (Wildman–Crippen MR) is 119 cm³/mol. The van der Waals surface area contributed by atoms with E-state index in [0.29, 0.717) is 5.56 Å². The van der Waals surface area contributed by atoms with Crippen molar-refractivity contribution in [2.24, 2.45) is 5.73 Å². The lowest BCUT2D eigenvalue weighted by atomic mass is 10.0. The molecule has 0 radical (unpaired) electrons. The predicted octanol–water partition coefficient (Wildman–Crippen LogP) is -2.12. The molecule has 3 amide bonds. The van der Waals surface area contributed by atoms with Crippen molar-refractivity contribution in [1.29, 1.82) is 0 Å². The number of thiol groups is 1. The first kappa shape index (κ1) is 27.9. The summed E-state index contributed by atoms with van der Waals surface area (Å²) in [5, 5.41) is 34.5. The lowest BCUT2D eigenvalue weighted by Gasteiger charge is -2.24. The van der Waals surface area contributed by atoms with Gasteiger partial charge in [-0.05, 0) is 12.0 Å². The molecule has 0 aliphatic rings. The summed E-state index contributed by atoms with van der Waals surface area (Å²) in [4.78, 5) is 59.6. The van der Waals surface area contributed by atoms with Crippen LogP contribution in [0.2, 0.25) is 0 Å². The van der Waals surface area contributed by atoms with Gasteiger partial charge in [-0.3, -0.25) is 19.2 Å². The third-order valence-electron chi connectivity index (χ3n) is 4.53. The van der Waals surface area contributed by atoms with Crippen molar-refractivity contribution in [3.05, 3.63) is 35.9 Å². The van der Waals surface area contributed by atoms with Crippen molar-refractivity contribution in [3.63, 3.8) is 0 Å². The number of carboxylic acids is 2. The number of nitrogens with two attached hydrogens (primary N) is 1. The Kier molecular flexibility index (Phi) is 11.9. The molecule has 33 heavy (non-hydrogen) atoms. The molecule has 4 atom stereocenters. The van der Waals surface area contributed by atoms with Crippen molar-refractivity contribution in [1.82, 2.24) is 16.0 Å². The number of carboxylic acid groups (broad SMARTS) is 2. The van der Waals surface area contributed by atoms with Crippen molar-refractivity contribution in [2.75, 3.05) is 12.4 Å². The van der Waals surface area contributed by atoms with Crippen LogP contribution in [0.25, 0.3) is 0 Å². The number of aliphatic carboxylic acids is 2. The molecule has 0 fully saturated rings. The Labute approximate surface area is 195 Å². The van der Waals surface area contributed by atoms with E-state index < -0.39 is 66.9 Å². The van der Waals surface area contributed by atoms with E-state index in [1.54, 1.807) is 30.3 Å². The minimum absolute atomic E-state index is 0.00242. The highest BCUT2D eigenvalue weighted by Gasteiger charge is 2.30. The average Bonchev–Trinajstić information content (AvgIpc) is 2.78. The van der Waals surface area contributed by atoms with Crippen LogP contribution in [0.5, 0.6) is 0 Å². The quantitative estimate of drug-likeness (QED) is 0.136. The van der Waals surface area contributed by atoms with E-state index in [2.05, 4.69) is 28.6 Å². The molecule has 0 aliphatic heterocycles. The Morgan fingerprint density at radius 1 is 0.879 bits per heavy atom. The molecule has 12 nitrogen and oxygen atoms in total. The van der Waals surface area contributed by atoms with E-state index in [1.807, 2.05) is 0 Å². The Balaban J connectivity index is 3.01. The third kappa shape index (κ3) is 9.89. The average molecular weight is 485 g/mol. The fourth-order valence-corrected chi connectivity index (χ4v) is 2.85. The van der Waals surface area contributed by atoms with Crippen molar-refractivity contribution < 1.29 is 39.3 Å². The highest BCUT2D eigenvalue weighted by Crippen LogP contribution is 2.06. The van der Waals surface area contributed by atoms with Gasteiger partial charge in [0.1, 0.15) is 18.1 Å². The standard InChI is InChI=1S/C20H28N4O8S/c21-12(10-33)17(28)24-15(9-25)19(30)23-14(8-11-4-2-1-3-5-11)18(29)22-13(20(31)32)6-7-16(26)27/h1-5,12-15,25,33H,6-10,21H2,(H,22,29)(H,23,30)(H,24,28)(H,26,27)(H,31,32). The van der Waals surface area contributed by atoms with Crippen LogP contribution in [-0.4, -0.2) is 81.5 Å². The van der Waals surface area contributed by atoms with Gasteiger partial charge in [0.25, 0.3) is 0 Å². The molecule has 1 rings (SSSR count). The zero-order valence-corrected chi connectivity index (χ0v) is 18.5. The van der Waals surface area contributed by atoms with Crippen LogP contribution in [0.4, 0.5) is 0 Å².